The number of alkyl halides is 2. The molecule has 0 unspecified atom stereocenters. The lowest BCUT2D eigenvalue weighted by Crippen LogP contribution is -2.27. The molecule has 1 saturated carbocycles. The molecule has 0 atom stereocenters. The minimum Gasteiger partial charge on any atom is -0.341 e. The first-order valence-corrected chi connectivity index (χ1v) is 16.3. The number of anilines is 2. The highest BCUT2D eigenvalue weighted by Crippen LogP contribution is 2.46. The Morgan fingerprint density at radius 2 is 1.78 bits per heavy atom. The Morgan fingerprint density at radius 3 is 2.41 bits per heavy atom. The highest BCUT2D eigenvalue weighted by atomic mass is 32.2. The summed E-state index contributed by atoms with van der Waals surface area (Å²) >= 11 is 0. The normalized spacial score (nSPS) is 20.8. The molecule has 6 rings (SSSR count). The standard InChI is InChI=1S/C31H36F2N4O3S/c1-19(38)36-17-23-11-22(20-6-8-25(9-7-20)41(3,39)40)13-30(28(23)18-36)37-10-4-5-21-12-26(24-15-34-35(2)16-24)27(31(32)33)14-29(21)37/h11-16,20,25,31H,4-10,17-18H2,1-3H3/t20-,25+. The summed E-state index contributed by atoms with van der Waals surface area (Å²) in [4.78, 5) is 16.4. The Hall–Kier alpha value is -3.27. The van der Waals surface area contributed by atoms with Crippen molar-refractivity contribution < 1.29 is 22.0 Å². The fourth-order valence-electron chi connectivity index (χ4n) is 6.93. The fraction of sp³-hybridized carbons (Fsp3) is 0.484. The summed E-state index contributed by atoms with van der Waals surface area (Å²) in [5.41, 5.74) is 7.26. The number of fused-ring (bicyclic) bond motifs is 2. The maximum atomic E-state index is 14.5. The summed E-state index contributed by atoms with van der Waals surface area (Å²) in [5.74, 6) is 0.222. The highest BCUT2D eigenvalue weighted by Gasteiger charge is 2.33. The molecule has 0 spiro atoms. The third-order valence-corrected chi connectivity index (χ3v) is 10.8. The van der Waals surface area contributed by atoms with Crippen LogP contribution >= 0.6 is 0 Å². The Balaban J connectivity index is 1.43. The number of benzene rings is 2. The number of hydrogen-bond acceptors (Lipinski definition) is 5. The van der Waals surface area contributed by atoms with Gasteiger partial charge in [0, 0.05) is 74.1 Å². The van der Waals surface area contributed by atoms with Gasteiger partial charge in [0.25, 0.3) is 6.43 Å². The Morgan fingerprint density at radius 1 is 1.02 bits per heavy atom. The molecule has 3 heterocycles. The van der Waals surface area contributed by atoms with Gasteiger partial charge in [-0.25, -0.2) is 17.2 Å². The van der Waals surface area contributed by atoms with Gasteiger partial charge in [-0.15, -0.1) is 0 Å². The molecule has 0 radical (unpaired) electrons. The lowest BCUT2D eigenvalue weighted by molar-refractivity contribution is -0.129. The predicted molar refractivity (Wildman–Crippen MR) is 155 cm³/mol. The van der Waals surface area contributed by atoms with Gasteiger partial charge in [-0.1, -0.05) is 6.07 Å². The van der Waals surface area contributed by atoms with Crippen LogP contribution in [0.1, 0.15) is 79.2 Å². The fourth-order valence-corrected chi connectivity index (χ4v) is 8.06. The molecule has 1 aromatic heterocycles. The number of carbonyl (C=O) groups excluding carboxylic acids is 1. The smallest absolute Gasteiger partial charge is 0.264 e. The monoisotopic (exact) mass is 582 g/mol. The van der Waals surface area contributed by atoms with E-state index in [1.165, 1.54) is 6.26 Å². The van der Waals surface area contributed by atoms with Gasteiger partial charge in [-0.2, -0.15) is 5.10 Å². The van der Waals surface area contributed by atoms with Crippen molar-refractivity contribution in [2.45, 2.75) is 76.1 Å². The zero-order valence-corrected chi connectivity index (χ0v) is 24.6. The zero-order chi connectivity index (χ0) is 29.1. The van der Waals surface area contributed by atoms with Crippen LogP contribution in [-0.4, -0.2) is 47.1 Å². The van der Waals surface area contributed by atoms with Gasteiger partial charge < -0.3 is 9.80 Å². The molecule has 3 aromatic rings. The number of halogens is 2. The van der Waals surface area contributed by atoms with Crippen molar-refractivity contribution in [3.05, 3.63) is 64.5 Å². The number of amides is 1. The molecule has 7 nitrogen and oxygen atoms in total. The van der Waals surface area contributed by atoms with E-state index in [2.05, 4.69) is 22.1 Å². The van der Waals surface area contributed by atoms with E-state index in [9.17, 15) is 22.0 Å². The van der Waals surface area contributed by atoms with Crippen molar-refractivity contribution in [3.8, 4) is 11.1 Å². The summed E-state index contributed by atoms with van der Waals surface area (Å²) in [6.45, 7) is 3.28. The van der Waals surface area contributed by atoms with Crippen LogP contribution in [0.4, 0.5) is 20.2 Å². The van der Waals surface area contributed by atoms with Crippen molar-refractivity contribution in [2.75, 3.05) is 17.7 Å². The molecule has 0 saturated heterocycles. The Labute approximate surface area is 240 Å². The molecular formula is C31H36F2N4O3S. The zero-order valence-electron chi connectivity index (χ0n) is 23.7. The van der Waals surface area contributed by atoms with Crippen LogP contribution in [0.3, 0.4) is 0 Å². The molecule has 2 aliphatic heterocycles. The van der Waals surface area contributed by atoms with Crippen molar-refractivity contribution in [3.63, 3.8) is 0 Å². The van der Waals surface area contributed by atoms with Gasteiger partial charge in [0.2, 0.25) is 5.91 Å². The minimum absolute atomic E-state index is 0.00232. The van der Waals surface area contributed by atoms with E-state index in [4.69, 9.17) is 0 Å². The van der Waals surface area contributed by atoms with Crippen molar-refractivity contribution >= 4 is 27.1 Å². The van der Waals surface area contributed by atoms with Crippen LogP contribution in [0.25, 0.3) is 11.1 Å². The van der Waals surface area contributed by atoms with E-state index >= 15 is 0 Å². The van der Waals surface area contributed by atoms with Gasteiger partial charge in [0.1, 0.15) is 9.84 Å². The van der Waals surface area contributed by atoms with Crippen molar-refractivity contribution in [1.82, 2.24) is 14.7 Å². The molecule has 2 aromatic carbocycles. The van der Waals surface area contributed by atoms with Crippen LogP contribution in [0, 0.1) is 0 Å². The van der Waals surface area contributed by atoms with E-state index in [0.717, 1.165) is 59.3 Å². The van der Waals surface area contributed by atoms with Crippen LogP contribution in [0.2, 0.25) is 0 Å². The molecule has 1 aliphatic carbocycles. The first-order chi connectivity index (χ1) is 19.5. The quantitative estimate of drug-likeness (QED) is 0.367. The molecule has 0 bridgehead atoms. The minimum atomic E-state index is -3.07. The molecule has 3 aliphatic rings. The lowest BCUT2D eigenvalue weighted by atomic mass is 9.82. The van der Waals surface area contributed by atoms with E-state index < -0.39 is 16.3 Å². The molecule has 10 heteroatoms. The first-order valence-electron chi connectivity index (χ1n) is 14.3. The highest BCUT2D eigenvalue weighted by molar-refractivity contribution is 7.91. The summed E-state index contributed by atoms with van der Waals surface area (Å²) in [6, 6.07) is 7.92. The maximum absolute atomic E-state index is 14.5. The average molecular weight is 583 g/mol. The average Bonchev–Trinajstić information content (AvgIpc) is 3.57. The number of carbonyl (C=O) groups is 1. The van der Waals surface area contributed by atoms with Crippen molar-refractivity contribution in [1.29, 1.82) is 0 Å². The Kier molecular flexibility index (Phi) is 7.16. The summed E-state index contributed by atoms with van der Waals surface area (Å²) in [7, 11) is -1.29. The number of hydrogen-bond donors (Lipinski definition) is 0. The number of rotatable bonds is 5. The van der Waals surface area contributed by atoms with E-state index in [1.54, 1.807) is 37.1 Å². The number of nitrogens with zero attached hydrogens (tertiary/aromatic N) is 4. The molecule has 218 valence electrons. The van der Waals surface area contributed by atoms with Gasteiger partial charge in [0.05, 0.1) is 11.4 Å². The van der Waals surface area contributed by atoms with Crippen LogP contribution in [0.5, 0.6) is 0 Å². The summed E-state index contributed by atoms with van der Waals surface area (Å²) in [6.07, 6.45) is 6.58. The summed E-state index contributed by atoms with van der Waals surface area (Å²) in [5, 5.41) is 3.90. The molecule has 1 fully saturated rings. The lowest BCUT2D eigenvalue weighted by Gasteiger charge is -2.35. The molecule has 0 N–H and O–H groups in total. The number of aromatic nitrogens is 2. The second kappa shape index (κ2) is 10.5. The molecular weight excluding hydrogens is 546 g/mol. The van der Waals surface area contributed by atoms with E-state index in [-0.39, 0.29) is 22.6 Å². The van der Waals surface area contributed by atoms with Crippen LogP contribution in [0.15, 0.2) is 36.7 Å². The van der Waals surface area contributed by atoms with Gasteiger partial charge in [0.15, 0.2) is 0 Å². The first kappa shape index (κ1) is 27.9. The van der Waals surface area contributed by atoms with E-state index in [1.807, 2.05) is 11.0 Å². The SMILES string of the molecule is CC(=O)N1Cc2cc([C@H]3CC[C@@H](S(C)(=O)=O)CC3)cc(N3CCCc4cc(-c5cnn(C)c5)c(C(F)F)cc43)c2C1. The van der Waals surface area contributed by atoms with Gasteiger partial charge in [-0.05, 0) is 84.9 Å². The van der Waals surface area contributed by atoms with Crippen molar-refractivity contribution in [2.24, 2.45) is 7.05 Å². The topological polar surface area (TPSA) is 75.5 Å². The largest absolute Gasteiger partial charge is 0.341 e. The van der Waals surface area contributed by atoms with Gasteiger partial charge >= 0.3 is 0 Å². The summed E-state index contributed by atoms with van der Waals surface area (Å²) < 4.78 is 54.9. The Bertz CT molecular complexity index is 1610. The maximum Gasteiger partial charge on any atom is 0.264 e. The number of sulfone groups is 1. The second-order valence-electron chi connectivity index (χ2n) is 11.9. The third-order valence-electron chi connectivity index (χ3n) is 9.16. The van der Waals surface area contributed by atoms with Crippen LogP contribution < -0.4 is 4.90 Å². The molecule has 41 heavy (non-hydrogen) atoms. The van der Waals surface area contributed by atoms with E-state index in [0.29, 0.717) is 43.6 Å². The third kappa shape index (κ3) is 5.27. The van der Waals surface area contributed by atoms with Gasteiger partial charge in [-0.3, -0.25) is 9.48 Å². The number of aryl methyl sites for hydroxylation is 2. The predicted octanol–water partition coefficient (Wildman–Crippen LogP) is 6.04. The second-order valence-corrected chi connectivity index (χ2v) is 14.2. The van der Waals surface area contributed by atoms with Crippen LogP contribution in [-0.2, 0) is 41.2 Å². The molecule has 1 amide bonds.